The number of rotatable bonds is 3. The molecule has 6 nitrogen and oxygen atoms in total. The van der Waals surface area contributed by atoms with Gasteiger partial charge in [0.25, 0.3) is 0 Å². The molecule has 0 atom stereocenters. The number of amides is 1. The van der Waals surface area contributed by atoms with Gasteiger partial charge in [0.1, 0.15) is 10.8 Å². The number of aromatic nitrogens is 2. The summed E-state index contributed by atoms with van der Waals surface area (Å²) in [5.41, 5.74) is 5.42. The number of nitrogens with two attached hydrogens (primary N) is 1. The van der Waals surface area contributed by atoms with Gasteiger partial charge in [-0.3, -0.25) is 9.89 Å². The van der Waals surface area contributed by atoms with Gasteiger partial charge in [-0.15, -0.1) is 0 Å². The molecule has 0 bridgehead atoms. The van der Waals surface area contributed by atoms with Crippen molar-refractivity contribution in [1.82, 2.24) is 10.2 Å². The van der Waals surface area contributed by atoms with E-state index in [1.54, 1.807) is 6.07 Å². The predicted octanol–water partition coefficient (Wildman–Crippen LogP) is 1.53. The molecule has 1 amide bonds. The van der Waals surface area contributed by atoms with Crippen LogP contribution in [0.2, 0.25) is 5.02 Å². The fraction of sp³-hybridized carbons (Fsp3) is 0. The van der Waals surface area contributed by atoms with Crippen LogP contribution in [0.25, 0.3) is 0 Å². The van der Waals surface area contributed by atoms with E-state index < -0.39 is 0 Å². The van der Waals surface area contributed by atoms with E-state index in [9.17, 15) is 4.79 Å². The molecule has 0 fully saturated rings. The summed E-state index contributed by atoms with van der Waals surface area (Å²) in [5, 5.41) is 6.59. The summed E-state index contributed by atoms with van der Waals surface area (Å²) in [4.78, 5) is 12.1. The lowest BCUT2D eigenvalue weighted by Gasteiger charge is -2.09. The van der Waals surface area contributed by atoms with Crippen molar-refractivity contribution < 1.29 is 9.21 Å². The third kappa shape index (κ3) is 1.66. The van der Waals surface area contributed by atoms with E-state index in [4.69, 9.17) is 21.8 Å². The average Bonchev–Trinajstić information content (AvgIpc) is 2.80. The Kier molecular flexibility index (Phi) is 2.34. The number of nitrogens with zero attached hydrogens (tertiary/aromatic N) is 2. The number of aromatic amines is 1. The number of nitrogen functional groups attached to an aromatic ring is 1. The van der Waals surface area contributed by atoms with Crippen LogP contribution in [0.15, 0.2) is 22.7 Å². The molecule has 2 heterocycles. The highest BCUT2D eigenvalue weighted by atomic mass is 35.5. The lowest BCUT2D eigenvalue weighted by Crippen LogP contribution is -2.13. The van der Waals surface area contributed by atoms with Crippen molar-refractivity contribution in [2.75, 3.05) is 10.6 Å². The molecule has 0 aliphatic carbocycles. The Labute approximate surface area is 89.6 Å². The van der Waals surface area contributed by atoms with Crippen LogP contribution >= 0.6 is 11.6 Å². The van der Waals surface area contributed by atoms with Gasteiger partial charge < -0.3 is 10.2 Å². The SMILES string of the molecule is Nc1oc(N(C=O)c2ccn[nH]2)cc1Cl. The maximum absolute atomic E-state index is 10.9. The van der Waals surface area contributed by atoms with Gasteiger partial charge in [0.15, 0.2) is 0 Å². The Balaban J connectivity index is 2.39. The monoisotopic (exact) mass is 226 g/mol. The molecule has 0 aliphatic rings. The molecule has 0 unspecified atom stereocenters. The third-order valence-corrected chi connectivity index (χ3v) is 2.08. The Morgan fingerprint density at radius 2 is 2.47 bits per heavy atom. The van der Waals surface area contributed by atoms with Crippen LogP contribution in [0.1, 0.15) is 0 Å². The second kappa shape index (κ2) is 3.66. The predicted molar refractivity (Wildman–Crippen MR) is 54.9 cm³/mol. The van der Waals surface area contributed by atoms with E-state index in [-0.39, 0.29) is 16.8 Å². The molecular weight excluding hydrogens is 220 g/mol. The normalized spacial score (nSPS) is 10.2. The van der Waals surface area contributed by atoms with E-state index >= 15 is 0 Å². The van der Waals surface area contributed by atoms with Gasteiger partial charge >= 0.3 is 0 Å². The van der Waals surface area contributed by atoms with Crippen molar-refractivity contribution in [3.8, 4) is 0 Å². The van der Waals surface area contributed by atoms with E-state index in [0.717, 1.165) is 0 Å². The molecule has 78 valence electrons. The number of nitrogens with one attached hydrogen (secondary N) is 1. The Bertz CT molecular complexity index is 445. The van der Waals surface area contributed by atoms with Gasteiger partial charge in [0, 0.05) is 12.1 Å². The second-order valence-corrected chi connectivity index (χ2v) is 3.12. The molecule has 0 radical (unpaired) electrons. The number of hydrogen-bond acceptors (Lipinski definition) is 4. The molecule has 2 rings (SSSR count). The first-order valence-electron chi connectivity index (χ1n) is 4.01. The fourth-order valence-corrected chi connectivity index (χ4v) is 1.23. The summed E-state index contributed by atoms with van der Waals surface area (Å²) in [6.07, 6.45) is 2.09. The van der Waals surface area contributed by atoms with Gasteiger partial charge in [-0.1, -0.05) is 11.6 Å². The quantitative estimate of drug-likeness (QED) is 0.777. The van der Waals surface area contributed by atoms with E-state index in [1.165, 1.54) is 17.2 Å². The minimum Gasteiger partial charge on any atom is -0.423 e. The number of H-pyrrole nitrogens is 1. The van der Waals surface area contributed by atoms with Crippen molar-refractivity contribution in [3.05, 3.63) is 23.4 Å². The third-order valence-electron chi connectivity index (χ3n) is 1.79. The first-order chi connectivity index (χ1) is 7.22. The first kappa shape index (κ1) is 9.60. The highest BCUT2D eigenvalue weighted by Gasteiger charge is 2.15. The summed E-state index contributed by atoms with van der Waals surface area (Å²) in [6, 6.07) is 3.06. The number of halogens is 1. The zero-order chi connectivity index (χ0) is 10.8. The van der Waals surface area contributed by atoms with Crippen LogP contribution in [0.5, 0.6) is 0 Å². The van der Waals surface area contributed by atoms with Gasteiger partial charge in [-0.2, -0.15) is 5.10 Å². The standard InChI is InChI=1S/C8H7ClN4O2/c9-5-3-7(15-8(5)10)13(4-14)6-1-2-11-12-6/h1-4H,10H2,(H,11,12). The molecule has 3 N–H and O–H groups in total. The largest absolute Gasteiger partial charge is 0.423 e. The van der Waals surface area contributed by atoms with Crippen molar-refractivity contribution >= 4 is 35.6 Å². The molecule has 0 aliphatic heterocycles. The Morgan fingerprint density at radius 1 is 1.67 bits per heavy atom. The molecule has 0 saturated heterocycles. The molecule has 0 saturated carbocycles. The summed E-state index contributed by atoms with van der Waals surface area (Å²) in [6.45, 7) is 0. The van der Waals surface area contributed by atoms with Crippen molar-refractivity contribution in [2.24, 2.45) is 0 Å². The van der Waals surface area contributed by atoms with Crippen LogP contribution in [-0.4, -0.2) is 16.6 Å². The van der Waals surface area contributed by atoms with Gasteiger partial charge in [0.05, 0.1) is 6.20 Å². The summed E-state index contributed by atoms with van der Waals surface area (Å²) >= 11 is 5.70. The van der Waals surface area contributed by atoms with E-state index in [2.05, 4.69) is 10.2 Å². The zero-order valence-corrected chi connectivity index (χ0v) is 8.23. The number of furan rings is 1. The van der Waals surface area contributed by atoms with Gasteiger partial charge in [-0.05, 0) is 0 Å². The highest BCUT2D eigenvalue weighted by Crippen LogP contribution is 2.31. The number of carbonyl (C=O) groups is 1. The maximum Gasteiger partial charge on any atom is 0.222 e. The fourth-order valence-electron chi connectivity index (χ4n) is 1.10. The molecule has 0 spiro atoms. The van der Waals surface area contributed by atoms with Crippen molar-refractivity contribution in [2.45, 2.75) is 0 Å². The summed E-state index contributed by atoms with van der Waals surface area (Å²) < 4.78 is 5.08. The first-order valence-corrected chi connectivity index (χ1v) is 4.39. The Morgan fingerprint density at radius 3 is 2.93 bits per heavy atom. The van der Waals surface area contributed by atoms with Crippen LogP contribution < -0.4 is 10.6 Å². The van der Waals surface area contributed by atoms with Gasteiger partial charge in [-0.25, -0.2) is 4.90 Å². The highest BCUT2D eigenvalue weighted by molar-refractivity contribution is 6.33. The molecule has 0 aromatic carbocycles. The van der Waals surface area contributed by atoms with Crippen molar-refractivity contribution in [3.63, 3.8) is 0 Å². The van der Waals surface area contributed by atoms with Crippen LogP contribution in [0.4, 0.5) is 17.6 Å². The Hall–Kier alpha value is -1.95. The lowest BCUT2D eigenvalue weighted by molar-refractivity contribution is -0.107. The molecule has 2 aromatic heterocycles. The average molecular weight is 227 g/mol. The molecular formula is C8H7ClN4O2. The minimum atomic E-state index is 0.0676. The topological polar surface area (TPSA) is 88.2 Å². The number of hydrogen-bond donors (Lipinski definition) is 2. The van der Waals surface area contributed by atoms with Gasteiger partial charge in [0.2, 0.25) is 18.2 Å². The van der Waals surface area contributed by atoms with E-state index in [1.807, 2.05) is 0 Å². The molecule has 7 heteroatoms. The maximum atomic E-state index is 10.9. The molecule has 15 heavy (non-hydrogen) atoms. The number of anilines is 3. The van der Waals surface area contributed by atoms with Crippen LogP contribution in [0, 0.1) is 0 Å². The second-order valence-electron chi connectivity index (χ2n) is 2.71. The minimum absolute atomic E-state index is 0.0676. The van der Waals surface area contributed by atoms with Crippen molar-refractivity contribution in [1.29, 1.82) is 0 Å². The lowest BCUT2D eigenvalue weighted by atomic mass is 10.5. The molecule has 2 aromatic rings. The summed E-state index contributed by atoms with van der Waals surface area (Å²) in [7, 11) is 0. The van der Waals surface area contributed by atoms with Crippen LogP contribution in [-0.2, 0) is 4.79 Å². The summed E-state index contributed by atoms with van der Waals surface area (Å²) in [5.74, 6) is 0.769. The smallest absolute Gasteiger partial charge is 0.222 e. The van der Waals surface area contributed by atoms with Crippen LogP contribution in [0.3, 0.4) is 0 Å². The van der Waals surface area contributed by atoms with E-state index in [0.29, 0.717) is 12.2 Å². The number of carbonyl (C=O) groups excluding carboxylic acids is 1. The zero-order valence-electron chi connectivity index (χ0n) is 7.48.